The number of aromatic amines is 2. The number of fused-ring (bicyclic) bond motifs is 4. The highest BCUT2D eigenvalue weighted by Crippen LogP contribution is 2.27. The summed E-state index contributed by atoms with van der Waals surface area (Å²) in [5.74, 6) is -0.593. The van der Waals surface area contributed by atoms with E-state index in [1.54, 1.807) is 18.3 Å². The van der Waals surface area contributed by atoms with E-state index in [4.69, 9.17) is 11.8 Å². The minimum atomic E-state index is -0.593. The number of aromatic nitrogens is 3. The molecule has 0 radical (unpaired) electrons. The van der Waals surface area contributed by atoms with E-state index in [0.717, 1.165) is 5.52 Å². The lowest BCUT2D eigenvalue weighted by molar-refractivity contribution is 0.639. The standard InChI is InChI=1S/C14H8ClFN4O/c15-19-10-2-1-7(16)12-13(10)18-9-4-3-8-6(5-17-20-8)11(9)14(12)21/h1-5,19H,(H,17,20)(H,18,21). The van der Waals surface area contributed by atoms with E-state index in [1.165, 1.54) is 12.1 Å². The molecule has 0 saturated carbocycles. The van der Waals surface area contributed by atoms with Crippen LogP contribution in [0, 0.1) is 5.82 Å². The molecule has 0 saturated heterocycles. The first-order valence-corrected chi connectivity index (χ1v) is 6.55. The molecule has 4 rings (SSSR count). The topological polar surface area (TPSA) is 73.6 Å². The van der Waals surface area contributed by atoms with Crippen LogP contribution in [-0.2, 0) is 0 Å². The molecular formula is C14H8ClFN4O. The van der Waals surface area contributed by atoms with Crippen LogP contribution >= 0.6 is 11.8 Å². The molecule has 2 aromatic carbocycles. The minimum Gasteiger partial charge on any atom is -0.352 e. The summed E-state index contributed by atoms with van der Waals surface area (Å²) in [5, 5.41) is 7.75. The first-order valence-electron chi connectivity index (χ1n) is 6.17. The second-order valence-corrected chi connectivity index (χ2v) is 4.90. The van der Waals surface area contributed by atoms with E-state index in [9.17, 15) is 9.18 Å². The van der Waals surface area contributed by atoms with Gasteiger partial charge in [-0.25, -0.2) is 4.39 Å². The molecule has 2 heterocycles. The predicted molar refractivity (Wildman–Crippen MR) is 81.2 cm³/mol. The molecule has 7 heteroatoms. The van der Waals surface area contributed by atoms with Crippen molar-refractivity contribution in [2.24, 2.45) is 0 Å². The molecule has 0 fully saturated rings. The summed E-state index contributed by atoms with van der Waals surface area (Å²) >= 11 is 5.63. The fourth-order valence-electron chi connectivity index (χ4n) is 2.63. The second kappa shape index (κ2) is 4.20. The lowest BCUT2D eigenvalue weighted by Crippen LogP contribution is -2.07. The smallest absolute Gasteiger partial charge is 0.200 e. The summed E-state index contributed by atoms with van der Waals surface area (Å²) in [6, 6.07) is 6.24. The Morgan fingerprint density at radius 1 is 1.14 bits per heavy atom. The first kappa shape index (κ1) is 12.2. The molecule has 5 nitrogen and oxygen atoms in total. The third-order valence-corrected chi connectivity index (χ3v) is 3.80. The predicted octanol–water partition coefficient (Wildman–Crippen LogP) is 3.26. The van der Waals surface area contributed by atoms with Crippen molar-refractivity contribution >= 4 is 50.2 Å². The van der Waals surface area contributed by atoms with Crippen molar-refractivity contribution in [3.05, 3.63) is 46.5 Å². The Kier molecular flexibility index (Phi) is 2.43. The first-order chi connectivity index (χ1) is 10.2. The number of H-pyrrole nitrogens is 2. The zero-order valence-corrected chi connectivity index (χ0v) is 11.3. The zero-order valence-electron chi connectivity index (χ0n) is 10.5. The van der Waals surface area contributed by atoms with Crippen LogP contribution in [0.25, 0.3) is 32.7 Å². The van der Waals surface area contributed by atoms with Crippen molar-refractivity contribution in [1.29, 1.82) is 0 Å². The van der Waals surface area contributed by atoms with Crippen LogP contribution in [0.4, 0.5) is 10.1 Å². The number of pyridine rings is 1. The molecule has 0 bridgehead atoms. The van der Waals surface area contributed by atoms with Gasteiger partial charge < -0.3 is 4.98 Å². The molecule has 4 aromatic rings. The summed E-state index contributed by atoms with van der Waals surface area (Å²) in [4.78, 5) is 18.2. The van der Waals surface area contributed by atoms with Gasteiger partial charge in [0.15, 0.2) is 0 Å². The molecular weight excluding hydrogens is 295 g/mol. The van der Waals surface area contributed by atoms with Crippen LogP contribution in [0.1, 0.15) is 0 Å². The molecule has 0 aliphatic carbocycles. The summed E-state index contributed by atoms with van der Waals surface area (Å²) in [7, 11) is 0. The summed E-state index contributed by atoms with van der Waals surface area (Å²) in [6.45, 7) is 0. The Morgan fingerprint density at radius 3 is 2.76 bits per heavy atom. The van der Waals surface area contributed by atoms with E-state index in [0.29, 0.717) is 27.5 Å². The average Bonchev–Trinajstić information content (AvgIpc) is 2.95. The van der Waals surface area contributed by atoms with Crippen LogP contribution in [0.5, 0.6) is 0 Å². The molecule has 2 aromatic heterocycles. The van der Waals surface area contributed by atoms with Gasteiger partial charge in [-0.05, 0) is 24.3 Å². The van der Waals surface area contributed by atoms with Crippen molar-refractivity contribution in [3.63, 3.8) is 0 Å². The molecule has 104 valence electrons. The van der Waals surface area contributed by atoms with Gasteiger partial charge in [0, 0.05) is 17.2 Å². The van der Waals surface area contributed by atoms with E-state index in [-0.39, 0.29) is 5.39 Å². The number of hydrogen-bond donors (Lipinski definition) is 3. The summed E-state index contributed by atoms with van der Waals surface area (Å²) in [5.41, 5.74) is 1.71. The van der Waals surface area contributed by atoms with Gasteiger partial charge in [0.2, 0.25) is 5.43 Å². The molecule has 0 aliphatic rings. The highest BCUT2D eigenvalue weighted by Gasteiger charge is 2.15. The SMILES string of the molecule is O=c1c2c(F)ccc(NCl)c2[nH]c2ccc3[nH]ncc3c12. The Bertz CT molecular complexity index is 1070. The molecule has 0 atom stereocenters. The number of anilines is 1. The van der Waals surface area contributed by atoms with E-state index >= 15 is 0 Å². The highest BCUT2D eigenvalue weighted by atomic mass is 35.5. The fourth-order valence-corrected chi connectivity index (χ4v) is 2.79. The Balaban J connectivity index is 2.35. The maximum absolute atomic E-state index is 14.1. The number of halogens is 2. The molecule has 21 heavy (non-hydrogen) atoms. The highest BCUT2D eigenvalue weighted by molar-refractivity contribution is 6.26. The monoisotopic (exact) mass is 302 g/mol. The number of hydrogen-bond acceptors (Lipinski definition) is 3. The summed E-state index contributed by atoms with van der Waals surface area (Å²) < 4.78 is 14.1. The molecule has 0 unspecified atom stereocenters. The number of benzene rings is 2. The van der Waals surface area contributed by atoms with E-state index in [2.05, 4.69) is 20.0 Å². The third kappa shape index (κ3) is 1.56. The van der Waals surface area contributed by atoms with Crippen LogP contribution in [0.2, 0.25) is 0 Å². The van der Waals surface area contributed by atoms with Gasteiger partial charge in [0.1, 0.15) is 5.82 Å². The van der Waals surface area contributed by atoms with Gasteiger partial charge in [-0.1, -0.05) is 0 Å². The molecule has 3 N–H and O–H groups in total. The van der Waals surface area contributed by atoms with Crippen LogP contribution in [0.15, 0.2) is 35.3 Å². The maximum atomic E-state index is 14.1. The number of nitrogens with zero attached hydrogens (tertiary/aromatic N) is 1. The molecule has 0 aliphatic heterocycles. The normalized spacial score (nSPS) is 11.5. The fraction of sp³-hybridized carbons (Fsp3) is 0. The third-order valence-electron chi connectivity index (χ3n) is 3.59. The second-order valence-electron chi connectivity index (χ2n) is 4.71. The van der Waals surface area contributed by atoms with Crippen molar-refractivity contribution in [1.82, 2.24) is 15.2 Å². The minimum absolute atomic E-state index is 0.0261. The average molecular weight is 303 g/mol. The van der Waals surface area contributed by atoms with Gasteiger partial charge in [-0.3, -0.25) is 14.7 Å². The Labute approximate surface area is 121 Å². The largest absolute Gasteiger partial charge is 0.352 e. The number of nitrogens with one attached hydrogen (secondary N) is 3. The van der Waals surface area contributed by atoms with Crippen LogP contribution in [-0.4, -0.2) is 15.2 Å². The van der Waals surface area contributed by atoms with Crippen molar-refractivity contribution in [2.45, 2.75) is 0 Å². The van der Waals surface area contributed by atoms with E-state index < -0.39 is 11.2 Å². The van der Waals surface area contributed by atoms with Crippen molar-refractivity contribution in [3.8, 4) is 0 Å². The molecule has 0 amide bonds. The van der Waals surface area contributed by atoms with Gasteiger partial charge in [-0.15, -0.1) is 0 Å². The van der Waals surface area contributed by atoms with Crippen LogP contribution < -0.4 is 10.3 Å². The molecule has 0 spiro atoms. The van der Waals surface area contributed by atoms with Crippen molar-refractivity contribution < 1.29 is 4.39 Å². The number of rotatable bonds is 1. The van der Waals surface area contributed by atoms with Gasteiger partial charge in [-0.2, -0.15) is 5.10 Å². The Hall–Kier alpha value is -2.60. The lowest BCUT2D eigenvalue weighted by Gasteiger charge is -2.08. The van der Waals surface area contributed by atoms with E-state index in [1.807, 2.05) is 0 Å². The van der Waals surface area contributed by atoms with Gasteiger partial charge in [0.25, 0.3) is 0 Å². The quantitative estimate of drug-likeness (QED) is 0.373. The van der Waals surface area contributed by atoms with Gasteiger partial charge in [0.05, 0.1) is 39.2 Å². The van der Waals surface area contributed by atoms with Crippen LogP contribution in [0.3, 0.4) is 0 Å². The maximum Gasteiger partial charge on any atom is 0.200 e. The lowest BCUT2D eigenvalue weighted by atomic mass is 10.1. The van der Waals surface area contributed by atoms with Gasteiger partial charge >= 0.3 is 0 Å². The van der Waals surface area contributed by atoms with Crippen molar-refractivity contribution in [2.75, 3.05) is 4.84 Å². The summed E-state index contributed by atoms with van der Waals surface area (Å²) in [6.07, 6.45) is 1.56. The zero-order chi connectivity index (χ0) is 14.6. The Morgan fingerprint density at radius 2 is 1.95 bits per heavy atom.